The van der Waals surface area contributed by atoms with E-state index in [2.05, 4.69) is 6.92 Å². The molecule has 5 heteroatoms. The molecule has 1 aliphatic heterocycles. The lowest BCUT2D eigenvalue weighted by Crippen LogP contribution is -2.00. The van der Waals surface area contributed by atoms with E-state index in [9.17, 15) is 8.42 Å². The van der Waals surface area contributed by atoms with Crippen LogP contribution in [0.1, 0.15) is 18.1 Å². The molecule has 2 rings (SSSR count). The highest BCUT2D eigenvalue weighted by molar-refractivity contribution is 8.00. The molecule has 0 aliphatic carbocycles. The van der Waals surface area contributed by atoms with Crippen LogP contribution in [0.3, 0.4) is 0 Å². The maximum Gasteiger partial charge on any atom is 0.200 e. The molecule has 0 saturated carbocycles. The molecule has 1 aromatic carbocycles. The number of nitrogens with two attached hydrogens (primary N) is 1. The van der Waals surface area contributed by atoms with Gasteiger partial charge in [0.05, 0.1) is 4.90 Å². The largest absolute Gasteiger partial charge is 0.326 e. The molecule has 17 heavy (non-hydrogen) atoms. The number of benzene rings is 1. The Morgan fingerprint density at radius 2 is 2.12 bits per heavy atom. The second-order valence-corrected chi connectivity index (χ2v) is 6.90. The molecule has 1 aliphatic rings. The van der Waals surface area contributed by atoms with Crippen LogP contribution in [0, 0.1) is 0 Å². The first-order valence-corrected chi connectivity index (χ1v) is 8.15. The lowest BCUT2D eigenvalue weighted by molar-refractivity contribution is 0.605. The van der Waals surface area contributed by atoms with Crippen LogP contribution in [0.15, 0.2) is 28.5 Å². The van der Waals surface area contributed by atoms with E-state index >= 15 is 0 Å². The SMILES string of the molecule is CCSCC1=CS(=O)(=O)c2cc(CN)ccc21. The second-order valence-electron chi connectivity index (χ2n) is 3.86. The van der Waals surface area contributed by atoms with Gasteiger partial charge in [-0.1, -0.05) is 19.1 Å². The minimum atomic E-state index is -3.25. The van der Waals surface area contributed by atoms with Gasteiger partial charge >= 0.3 is 0 Å². The fourth-order valence-corrected chi connectivity index (χ4v) is 4.13. The molecule has 0 saturated heterocycles. The molecular weight excluding hydrogens is 254 g/mol. The number of rotatable bonds is 4. The molecule has 0 amide bonds. The summed E-state index contributed by atoms with van der Waals surface area (Å²) in [6.45, 7) is 2.43. The number of hydrogen-bond acceptors (Lipinski definition) is 4. The summed E-state index contributed by atoms with van der Waals surface area (Å²) >= 11 is 1.72. The van der Waals surface area contributed by atoms with Crippen molar-refractivity contribution in [3.05, 3.63) is 34.7 Å². The van der Waals surface area contributed by atoms with Crippen LogP contribution in [-0.4, -0.2) is 19.9 Å². The van der Waals surface area contributed by atoms with Gasteiger partial charge in [-0.3, -0.25) is 0 Å². The third-order valence-corrected chi connectivity index (χ3v) is 5.16. The molecule has 0 fully saturated rings. The van der Waals surface area contributed by atoms with Gasteiger partial charge in [0.1, 0.15) is 0 Å². The van der Waals surface area contributed by atoms with Crippen LogP contribution in [0.2, 0.25) is 0 Å². The molecule has 2 N–H and O–H groups in total. The Balaban J connectivity index is 2.45. The Labute approximate surface area is 106 Å². The van der Waals surface area contributed by atoms with Crippen LogP contribution >= 0.6 is 11.8 Å². The van der Waals surface area contributed by atoms with Crippen LogP contribution in [-0.2, 0) is 16.4 Å². The van der Waals surface area contributed by atoms with Crippen molar-refractivity contribution in [3.63, 3.8) is 0 Å². The van der Waals surface area contributed by atoms with Crippen molar-refractivity contribution < 1.29 is 8.42 Å². The molecule has 92 valence electrons. The Morgan fingerprint density at radius 3 is 2.76 bits per heavy atom. The van der Waals surface area contributed by atoms with E-state index in [0.717, 1.165) is 28.2 Å². The number of sulfone groups is 1. The van der Waals surface area contributed by atoms with Crippen molar-refractivity contribution in [2.45, 2.75) is 18.4 Å². The summed E-state index contributed by atoms with van der Waals surface area (Å²) in [4.78, 5) is 0.409. The molecule has 0 bridgehead atoms. The van der Waals surface area contributed by atoms with Gasteiger partial charge < -0.3 is 5.73 Å². The average molecular weight is 269 g/mol. The van der Waals surface area contributed by atoms with E-state index in [0.29, 0.717) is 11.4 Å². The highest BCUT2D eigenvalue weighted by atomic mass is 32.2. The first-order chi connectivity index (χ1) is 8.08. The fourth-order valence-electron chi connectivity index (χ4n) is 1.83. The summed E-state index contributed by atoms with van der Waals surface area (Å²) in [6.07, 6.45) is 0. The molecule has 0 atom stereocenters. The Morgan fingerprint density at radius 1 is 1.35 bits per heavy atom. The number of thioether (sulfide) groups is 1. The van der Waals surface area contributed by atoms with Crippen LogP contribution in [0.4, 0.5) is 0 Å². The van der Waals surface area contributed by atoms with Crippen LogP contribution in [0.5, 0.6) is 0 Å². The van der Waals surface area contributed by atoms with Crippen molar-refractivity contribution in [3.8, 4) is 0 Å². The fraction of sp³-hybridized carbons (Fsp3) is 0.333. The van der Waals surface area contributed by atoms with Gasteiger partial charge in [0.25, 0.3) is 0 Å². The smallest absolute Gasteiger partial charge is 0.200 e. The second kappa shape index (κ2) is 4.84. The molecule has 0 radical (unpaired) electrons. The lowest BCUT2D eigenvalue weighted by atomic mass is 10.1. The van der Waals surface area contributed by atoms with E-state index in [1.54, 1.807) is 17.8 Å². The molecule has 0 unspecified atom stereocenters. The predicted molar refractivity (Wildman–Crippen MR) is 72.5 cm³/mol. The van der Waals surface area contributed by atoms with Crippen molar-refractivity contribution in [2.75, 3.05) is 11.5 Å². The third kappa shape index (κ3) is 2.41. The van der Waals surface area contributed by atoms with Gasteiger partial charge in [-0.15, -0.1) is 0 Å². The summed E-state index contributed by atoms with van der Waals surface area (Å²) in [6, 6.07) is 5.44. The minimum absolute atomic E-state index is 0.363. The van der Waals surface area contributed by atoms with Gasteiger partial charge in [-0.25, -0.2) is 8.42 Å². The summed E-state index contributed by atoms with van der Waals surface area (Å²) in [5.74, 6) is 1.72. The van der Waals surface area contributed by atoms with E-state index < -0.39 is 9.84 Å². The van der Waals surface area contributed by atoms with Gasteiger partial charge in [0.2, 0.25) is 9.84 Å². The predicted octanol–water partition coefficient (Wildman–Crippen LogP) is 2.03. The minimum Gasteiger partial charge on any atom is -0.326 e. The monoisotopic (exact) mass is 269 g/mol. The zero-order valence-electron chi connectivity index (χ0n) is 9.64. The maximum absolute atomic E-state index is 12.0. The molecule has 1 aromatic rings. The summed E-state index contributed by atoms with van der Waals surface area (Å²) in [7, 11) is -3.25. The first kappa shape index (κ1) is 12.7. The van der Waals surface area contributed by atoms with E-state index in [1.165, 1.54) is 5.41 Å². The quantitative estimate of drug-likeness (QED) is 0.908. The first-order valence-electron chi connectivity index (χ1n) is 5.45. The zero-order chi connectivity index (χ0) is 12.5. The Bertz CT molecular complexity index is 562. The van der Waals surface area contributed by atoms with Crippen LogP contribution < -0.4 is 5.73 Å². The van der Waals surface area contributed by atoms with Gasteiger partial charge in [-0.2, -0.15) is 11.8 Å². The van der Waals surface area contributed by atoms with E-state index in [1.807, 2.05) is 12.1 Å². The van der Waals surface area contributed by atoms with Crippen LogP contribution in [0.25, 0.3) is 5.57 Å². The lowest BCUT2D eigenvalue weighted by Gasteiger charge is -2.05. The normalized spacial score (nSPS) is 16.7. The Kier molecular flexibility index (Phi) is 3.61. The topological polar surface area (TPSA) is 60.2 Å². The summed E-state index contributed by atoms with van der Waals surface area (Å²) < 4.78 is 23.9. The number of hydrogen-bond donors (Lipinski definition) is 1. The number of fused-ring (bicyclic) bond motifs is 1. The molecular formula is C12H15NO2S2. The third-order valence-electron chi connectivity index (χ3n) is 2.69. The molecule has 1 heterocycles. The molecule has 0 spiro atoms. The van der Waals surface area contributed by atoms with Crippen molar-refractivity contribution >= 4 is 27.2 Å². The van der Waals surface area contributed by atoms with Gasteiger partial charge in [0, 0.05) is 17.7 Å². The van der Waals surface area contributed by atoms with Crippen molar-refractivity contribution in [1.82, 2.24) is 0 Å². The van der Waals surface area contributed by atoms with Crippen molar-refractivity contribution in [2.24, 2.45) is 5.73 Å². The van der Waals surface area contributed by atoms with E-state index in [-0.39, 0.29) is 0 Å². The summed E-state index contributed by atoms with van der Waals surface area (Å²) in [5, 5.41) is 1.39. The van der Waals surface area contributed by atoms with E-state index in [4.69, 9.17) is 5.73 Å². The standard InChI is InChI=1S/C12H15NO2S2/c1-2-16-7-10-8-17(14,15)12-5-9(6-13)3-4-11(10)12/h3-5,8H,2,6-7,13H2,1H3. The molecule has 0 aromatic heterocycles. The summed E-state index contributed by atoms with van der Waals surface area (Å²) in [5.41, 5.74) is 8.12. The zero-order valence-corrected chi connectivity index (χ0v) is 11.3. The van der Waals surface area contributed by atoms with Crippen molar-refractivity contribution in [1.29, 1.82) is 0 Å². The van der Waals surface area contributed by atoms with Gasteiger partial charge in [0.15, 0.2) is 0 Å². The average Bonchev–Trinajstić information content (AvgIpc) is 2.58. The molecule has 3 nitrogen and oxygen atoms in total. The highest BCUT2D eigenvalue weighted by Crippen LogP contribution is 2.35. The van der Waals surface area contributed by atoms with Gasteiger partial charge in [-0.05, 0) is 28.5 Å². The Hall–Kier alpha value is -0.780. The highest BCUT2D eigenvalue weighted by Gasteiger charge is 2.26. The maximum atomic E-state index is 12.0.